The van der Waals surface area contributed by atoms with Crippen molar-refractivity contribution in [1.29, 1.82) is 0 Å². The molecule has 1 saturated heterocycles. The summed E-state index contributed by atoms with van der Waals surface area (Å²) in [7, 11) is 1.75. The van der Waals surface area contributed by atoms with Crippen LogP contribution in [0.3, 0.4) is 0 Å². The number of hydrogen-bond acceptors (Lipinski definition) is 2. The summed E-state index contributed by atoms with van der Waals surface area (Å²) < 4.78 is 14.4. The lowest BCUT2D eigenvalue weighted by Gasteiger charge is -2.32. The molecule has 1 aliphatic heterocycles. The number of carbonyl (C=O) groups is 1. The Kier molecular flexibility index (Phi) is 3.79. The van der Waals surface area contributed by atoms with Crippen molar-refractivity contribution in [2.75, 3.05) is 18.5 Å². The molecule has 17 heavy (non-hydrogen) atoms. The van der Waals surface area contributed by atoms with Gasteiger partial charge in [0.05, 0.1) is 11.7 Å². The third-order valence-corrected chi connectivity index (χ3v) is 3.63. The molecule has 1 N–H and O–H groups in total. The molecule has 1 unspecified atom stereocenters. The molecule has 1 heterocycles. The van der Waals surface area contributed by atoms with Crippen LogP contribution in [-0.4, -0.2) is 25.5 Å². The maximum absolute atomic E-state index is 13.8. The van der Waals surface area contributed by atoms with Gasteiger partial charge < -0.3 is 10.2 Å². The molecule has 0 spiro atoms. The van der Waals surface area contributed by atoms with Gasteiger partial charge in [0, 0.05) is 11.0 Å². The maximum atomic E-state index is 13.8. The van der Waals surface area contributed by atoms with E-state index in [1.807, 2.05) is 0 Å². The molecule has 1 aliphatic rings. The van der Waals surface area contributed by atoms with E-state index in [0.29, 0.717) is 16.7 Å². The first-order valence-electron chi connectivity index (χ1n) is 5.58. The fraction of sp³-hybridized carbons (Fsp3) is 0.417. The Balaban J connectivity index is 2.36. The largest absolute Gasteiger partial charge is 0.309 e. The number of benzene rings is 1. The Labute approximate surface area is 108 Å². The lowest BCUT2D eigenvalue weighted by Crippen LogP contribution is -2.50. The highest BCUT2D eigenvalue weighted by atomic mass is 79.9. The van der Waals surface area contributed by atoms with Crippen LogP contribution in [0.15, 0.2) is 22.7 Å². The van der Waals surface area contributed by atoms with Crippen LogP contribution in [0.25, 0.3) is 0 Å². The van der Waals surface area contributed by atoms with Crippen molar-refractivity contribution in [1.82, 2.24) is 5.32 Å². The average molecular weight is 301 g/mol. The molecule has 1 aromatic rings. The van der Waals surface area contributed by atoms with Gasteiger partial charge >= 0.3 is 0 Å². The van der Waals surface area contributed by atoms with Gasteiger partial charge in [0.25, 0.3) is 0 Å². The van der Waals surface area contributed by atoms with Gasteiger partial charge in [-0.1, -0.05) is 6.07 Å². The Morgan fingerprint density at radius 1 is 1.53 bits per heavy atom. The minimum absolute atomic E-state index is 0.0652. The molecule has 92 valence electrons. The third kappa shape index (κ3) is 2.35. The summed E-state index contributed by atoms with van der Waals surface area (Å²) in [5, 5.41) is 2.96. The van der Waals surface area contributed by atoms with Crippen LogP contribution >= 0.6 is 15.9 Å². The standard InChI is InChI=1S/C12H14BrFN2O/c1-15-10-6-3-7-16(12(10)17)11-8(13)4-2-5-9(11)14/h2,4-5,10,15H,3,6-7H2,1H3. The fourth-order valence-corrected chi connectivity index (χ4v) is 2.67. The Morgan fingerprint density at radius 2 is 2.29 bits per heavy atom. The van der Waals surface area contributed by atoms with E-state index >= 15 is 0 Å². The number of para-hydroxylation sites is 1. The minimum Gasteiger partial charge on any atom is -0.309 e. The lowest BCUT2D eigenvalue weighted by molar-refractivity contribution is -0.121. The molecule has 0 bridgehead atoms. The number of halogens is 2. The van der Waals surface area contributed by atoms with E-state index in [1.54, 1.807) is 19.2 Å². The molecule has 3 nitrogen and oxygen atoms in total. The zero-order chi connectivity index (χ0) is 12.4. The van der Waals surface area contributed by atoms with E-state index in [9.17, 15) is 9.18 Å². The number of nitrogens with one attached hydrogen (secondary N) is 1. The number of hydrogen-bond donors (Lipinski definition) is 1. The third-order valence-electron chi connectivity index (χ3n) is 2.99. The van der Waals surface area contributed by atoms with E-state index in [2.05, 4.69) is 21.2 Å². The van der Waals surface area contributed by atoms with Gasteiger partial charge in [-0.15, -0.1) is 0 Å². The fourth-order valence-electron chi connectivity index (χ4n) is 2.11. The van der Waals surface area contributed by atoms with Crippen molar-refractivity contribution in [3.05, 3.63) is 28.5 Å². The SMILES string of the molecule is CNC1CCCN(c2c(F)cccc2Br)C1=O. The predicted octanol–water partition coefficient (Wildman–Crippen LogP) is 2.30. The lowest BCUT2D eigenvalue weighted by atomic mass is 10.0. The van der Waals surface area contributed by atoms with E-state index in [0.717, 1.165) is 12.8 Å². The first kappa shape index (κ1) is 12.5. The monoisotopic (exact) mass is 300 g/mol. The van der Waals surface area contributed by atoms with Crippen molar-refractivity contribution in [3.8, 4) is 0 Å². The highest BCUT2D eigenvalue weighted by molar-refractivity contribution is 9.10. The van der Waals surface area contributed by atoms with Crippen LogP contribution in [-0.2, 0) is 4.79 Å². The van der Waals surface area contributed by atoms with E-state index in [1.165, 1.54) is 11.0 Å². The predicted molar refractivity (Wildman–Crippen MR) is 68.5 cm³/mol. The highest BCUT2D eigenvalue weighted by Gasteiger charge is 2.30. The van der Waals surface area contributed by atoms with Crippen LogP contribution in [0.4, 0.5) is 10.1 Å². The Bertz CT molecular complexity index is 418. The zero-order valence-corrected chi connectivity index (χ0v) is 11.1. The molecular weight excluding hydrogens is 287 g/mol. The van der Waals surface area contributed by atoms with Crippen molar-refractivity contribution >= 4 is 27.5 Å². The summed E-state index contributed by atoms with van der Waals surface area (Å²) >= 11 is 3.30. The van der Waals surface area contributed by atoms with Crippen molar-refractivity contribution < 1.29 is 9.18 Å². The van der Waals surface area contributed by atoms with Crippen LogP contribution in [0.2, 0.25) is 0 Å². The summed E-state index contributed by atoms with van der Waals surface area (Å²) in [5.41, 5.74) is 0.345. The maximum Gasteiger partial charge on any atom is 0.244 e. The topological polar surface area (TPSA) is 32.3 Å². The summed E-state index contributed by atoms with van der Waals surface area (Å²) in [4.78, 5) is 13.7. The Hall–Kier alpha value is -0.940. The molecule has 0 saturated carbocycles. The first-order valence-corrected chi connectivity index (χ1v) is 6.37. The molecule has 0 aliphatic carbocycles. The molecule has 0 radical (unpaired) electrons. The quantitative estimate of drug-likeness (QED) is 0.909. The van der Waals surface area contributed by atoms with Crippen LogP contribution in [0, 0.1) is 5.82 Å². The number of anilines is 1. The molecule has 0 aromatic heterocycles. The Morgan fingerprint density at radius 3 is 2.94 bits per heavy atom. The molecule has 5 heteroatoms. The summed E-state index contributed by atoms with van der Waals surface area (Å²) in [6.45, 7) is 0.566. The van der Waals surface area contributed by atoms with E-state index < -0.39 is 0 Å². The smallest absolute Gasteiger partial charge is 0.244 e. The van der Waals surface area contributed by atoms with Gasteiger partial charge in [0.2, 0.25) is 5.91 Å². The van der Waals surface area contributed by atoms with Gasteiger partial charge in [-0.3, -0.25) is 4.79 Å². The summed E-state index contributed by atoms with van der Waals surface area (Å²) in [5.74, 6) is -0.436. The second-order valence-corrected chi connectivity index (χ2v) is 4.90. The molecule has 2 rings (SSSR count). The molecule has 1 atom stereocenters. The minimum atomic E-state index is -0.371. The van der Waals surface area contributed by atoms with E-state index in [-0.39, 0.29) is 17.8 Å². The van der Waals surface area contributed by atoms with E-state index in [4.69, 9.17) is 0 Å². The molecular formula is C12H14BrFN2O. The molecule has 1 fully saturated rings. The second kappa shape index (κ2) is 5.14. The van der Waals surface area contributed by atoms with Crippen molar-refractivity contribution in [2.45, 2.75) is 18.9 Å². The van der Waals surface area contributed by atoms with Crippen LogP contribution in [0.1, 0.15) is 12.8 Å². The highest BCUT2D eigenvalue weighted by Crippen LogP contribution is 2.31. The summed E-state index contributed by atoms with van der Waals surface area (Å²) in [6.07, 6.45) is 1.68. The van der Waals surface area contributed by atoms with Crippen LogP contribution < -0.4 is 10.2 Å². The number of amides is 1. The van der Waals surface area contributed by atoms with Crippen LogP contribution in [0.5, 0.6) is 0 Å². The van der Waals surface area contributed by atoms with Gasteiger partial charge in [-0.25, -0.2) is 4.39 Å². The van der Waals surface area contributed by atoms with Crippen molar-refractivity contribution in [2.24, 2.45) is 0 Å². The van der Waals surface area contributed by atoms with Gasteiger partial charge in [0.1, 0.15) is 5.82 Å². The zero-order valence-electron chi connectivity index (χ0n) is 9.54. The number of nitrogens with zero attached hydrogens (tertiary/aromatic N) is 1. The van der Waals surface area contributed by atoms with Crippen molar-refractivity contribution in [3.63, 3.8) is 0 Å². The van der Waals surface area contributed by atoms with Gasteiger partial charge in [-0.05, 0) is 48.0 Å². The van der Waals surface area contributed by atoms with Gasteiger partial charge in [0.15, 0.2) is 0 Å². The normalized spacial score (nSPS) is 20.8. The number of piperidine rings is 1. The summed E-state index contributed by atoms with van der Waals surface area (Å²) in [6, 6.07) is 4.52. The number of rotatable bonds is 2. The molecule has 1 amide bonds. The number of carbonyl (C=O) groups excluding carboxylic acids is 1. The average Bonchev–Trinajstić information content (AvgIpc) is 2.31. The number of likely N-dealkylation sites (N-methyl/N-ethyl adjacent to an activating group) is 1. The molecule has 1 aromatic carbocycles. The first-order chi connectivity index (χ1) is 8.15. The second-order valence-electron chi connectivity index (χ2n) is 4.04. The van der Waals surface area contributed by atoms with Gasteiger partial charge in [-0.2, -0.15) is 0 Å².